The second-order valence-electron chi connectivity index (χ2n) is 6.25. The van der Waals surface area contributed by atoms with Crippen LogP contribution in [-0.4, -0.2) is 25.1 Å². The van der Waals surface area contributed by atoms with Crippen molar-refractivity contribution in [1.82, 2.24) is 10.3 Å². The van der Waals surface area contributed by atoms with Crippen LogP contribution in [-0.2, 0) is 6.54 Å². The third kappa shape index (κ3) is 4.59. The maximum absolute atomic E-state index is 12.5. The van der Waals surface area contributed by atoms with Crippen LogP contribution in [0.1, 0.15) is 21.6 Å². The highest BCUT2D eigenvalue weighted by atomic mass is 16.5. The Morgan fingerprint density at radius 3 is 2.57 bits per heavy atom. The number of benzene rings is 2. The molecule has 0 spiro atoms. The molecule has 0 aliphatic carbocycles. The summed E-state index contributed by atoms with van der Waals surface area (Å²) in [6, 6.07) is 16.9. The van der Waals surface area contributed by atoms with Crippen molar-refractivity contribution >= 4 is 17.3 Å². The minimum Gasteiger partial charge on any atom is -0.496 e. The largest absolute Gasteiger partial charge is 0.496 e. The van der Waals surface area contributed by atoms with Gasteiger partial charge in [-0.25, -0.2) is 0 Å². The SMILES string of the molecule is COc1ccccc1CNC(=O)c1cc(Nc2cc(C)ccc2OC)ccn1. The number of para-hydroxylation sites is 1. The number of anilines is 2. The van der Waals surface area contributed by atoms with Gasteiger partial charge in [0.2, 0.25) is 0 Å². The molecular weight excluding hydrogens is 354 g/mol. The fourth-order valence-electron chi connectivity index (χ4n) is 2.82. The van der Waals surface area contributed by atoms with Crippen molar-refractivity contribution in [3.05, 3.63) is 77.6 Å². The molecule has 0 unspecified atom stereocenters. The summed E-state index contributed by atoms with van der Waals surface area (Å²) in [5, 5.41) is 6.17. The topological polar surface area (TPSA) is 72.5 Å². The average molecular weight is 377 g/mol. The van der Waals surface area contributed by atoms with E-state index < -0.39 is 0 Å². The van der Waals surface area contributed by atoms with Gasteiger partial charge in [-0.15, -0.1) is 0 Å². The molecule has 28 heavy (non-hydrogen) atoms. The van der Waals surface area contributed by atoms with E-state index in [4.69, 9.17) is 9.47 Å². The highest BCUT2D eigenvalue weighted by molar-refractivity contribution is 5.93. The number of ether oxygens (including phenoxy) is 2. The Kier molecular flexibility index (Phi) is 6.11. The van der Waals surface area contributed by atoms with E-state index in [0.717, 1.165) is 34.0 Å². The molecule has 1 amide bonds. The van der Waals surface area contributed by atoms with Gasteiger partial charge in [0.1, 0.15) is 17.2 Å². The van der Waals surface area contributed by atoms with E-state index in [1.807, 2.05) is 49.4 Å². The first-order valence-electron chi connectivity index (χ1n) is 8.88. The number of hydrogen-bond donors (Lipinski definition) is 2. The predicted octanol–water partition coefficient (Wildman–Crippen LogP) is 4.08. The summed E-state index contributed by atoms with van der Waals surface area (Å²) in [4.78, 5) is 16.7. The number of methoxy groups -OCH3 is 2. The fourth-order valence-corrected chi connectivity index (χ4v) is 2.82. The standard InChI is InChI=1S/C22H23N3O3/c1-15-8-9-21(28-3)18(12-15)25-17-10-11-23-19(13-17)22(26)24-14-16-6-4-5-7-20(16)27-2/h4-13H,14H2,1-3H3,(H,23,25)(H,24,26). The van der Waals surface area contributed by atoms with E-state index in [9.17, 15) is 4.79 Å². The Labute approximate surface area is 164 Å². The van der Waals surface area contributed by atoms with Crippen molar-refractivity contribution in [2.75, 3.05) is 19.5 Å². The number of carbonyl (C=O) groups excluding carboxylic acids is 1. The second-order valence-corrected chi connectivity index (χ2v) is 6.25. The predicted molar refractivity (Wildman–Crippen MR) is 109 cm³/mol. The second kappa shape index (κ2) is 8.90. The molecule has 0 atom stereocenters. The minimum atomic E-state index is -0.259. The number of amides is 1. The molecule has 0 saturated carbocycles. The molecule has 2 aromatic carbocycles. The molecule has 1 heterocycles. The normalized spacial score (nSPS) is 10.2. The van der Waals surface area contributed by atoms with E-state index >= 15 is 0 Å². The average Bonchev–Trinajstić information content (AvgIpc) is 2.72. The van der Waals surface area contributed by atoms with Crippen LogP contribution in [0.4, 0.5) is 11.4 Å². The van der Waals surface area contributed by atoms with Crippen LogP contribution in [0.5, 0.6) is 11.5 Å². The van der Waals surface area contributed by atoms with Crippen molar-refractivity contribution in [3.8, 4) is 11.5 Å². The minimum absolute atomic E-state index is 0.259. The maximum atomic E-state index is 12.5. The smallest absolute Gasteiger partial charge is 0.270 e. The van der Waals surface area contributed by atoms with Crippen molar-refractivity contribution in [1.29, 1.82) is 0 Å². The van der Waals surface area contributed by atoms with Gasteiger partial charge in [-0.3, -0.25) is 9.78 Å². The van der Waals surface area contributed by atoms with Crippen LogP contribution in [0.25, 0.3) is 0 Å². The van der Waals surface area contributed by atoms with E-state index in [1.54, 1.807) is 32.5 Å². The Balaban J connectivity index is 1.72. The number of hydrogen-bond acceptors (Lipinski definition) is 5. The number of aryl methyl sites for hydroxylation is 1. The van der Waals surface area contributed by atoms with Crippen LogP contribution in [0, 0.1) is 6.92 Å². The molecule has 0 fully saturated rings. The molecule has 6 nitrogen and oxygen atoms in total. The number of pyridine rings is 1. The Morgan fingerprint density at radius 2 is 1.79 bits per heavy atom. The maximum Gasteiger partial charge on any atom is 0.270 e. The fraction of sp³-hybridized carbons (Fsp3) is 0.182. The lowest BCUT2D eigenvalue weighted by atomic mass is 10.2. The highest BCUT2D eigenvalue weighted by Gasteiger charge is 2.11. The molecular formula is C22H23N3O3. The Bertz CT molecular complexity index is 973. The number of nitrogens with one attached hydrogen (secondary N) is 2. The quantitative estimate of drug-likeness (QED) is 0.649. The third-order valence-electron chi connectivity index (χ3n) is 4.26. The zero-order valence-electron chi connectivity index (χ0n) is 16.2. The van der Waals surface area contributed by atoms with E-state index in [0.29, 0.717) is 12.2 Å². The third-order valence-corrected chi connectivity index (χ3v) is 4.26. The first-order valence-corrected chi connectivity index (χ1v) is 8.88. The molecule has 0 bridgehead atoms. The lowest BCUT2D eigenvalue weighted by molar-refractivity contribution is 0.0945. The van der Waals surface area contributed by atoms with E-state index in [-0.39, 0.29) is 5.91 Å². The van der Waals surface area contributed by atoms with Crippen LogP contribution >= 0.6 is 0 Å². The first kappa shape index (κ1) is 19.2. The molecule has 3 aromatic rings. The number of rotatable bonds is 7. The van der Waals surface area contributed by atoms with Crippen molar-refractivity contribution in [2.45, 2.75) is 13.5 Å². The van der Waals surface area contributed by atoms with Gasteiger partial charge in [0, 0.05) is 24.0 Å². The van der Waals surface area contributed by atoms with Crippen LogP contribution in [0.2, 0.25) is 0 Å². The Hall–Kier alpha value is -3.54. The van der Waals surface area contributed by atoms with Crippen molar-refractivity contribution < 1.29 is 14.3 Å². The number of aromatic nitrogens is 1. The summed E-state index contributed by atoms with van der Waals surface area (Å²) in [7, 11) is 3.23. The van der Waals surface area contributed by atoms with Gasteiger partial charge in [-0.1, -0.05) is 24.3 Å². The number of carbonyl (C=O) groups is 1. The zero-order chi connectivity index (χ0) is 19.9. The van der Waals surface area contributed by atoms with E-state index in [2.05, 4.69) is 15.6 Å². The van der Waals surface area contributed by atoms with Crippen molar-refractivity contribution in [3.63, 3.8) is 0 Å². The van der Waals surface area contributed by atoms with Gasteiger partial charge in [0.05, 0.1) is 19.9 Å². The summed E-state index contributed by atoms with van der Waals surface area (Å²) in [6.45, 7) is 2.36. The van der Waals surface area contributed by atoms with Gasteiger partial charge in [0.15, 0.2) is 0 Å². The molecule has 2 N–H and O–H groups in total. The van der Waals surface area contributed by atoms with Gasteiger partial charge in [-0.2, -0.15) is 0 Å². The lowest BCUT2D eigenvalue weighted by Gasteiger charge is -2.13. The summed E-state index contributed by atoms with van der Waals surface area (Å²) in [5.74, 6) is 1.20. The molecule has 0 aliphatic rings. The van der Waals surface area contributed by atoms with Crippen molar-refractivity contribution in [2.24, 2.45) is 0 Å². The first-order chi connectivity index (χ1) is 13.6. The van der Waals surface area contributed by atoms with Crippen LogP contribution < -0.4 is 20.1 Å². The van der Waals surface area contributed by atoms with Gasteiger partial charge in [-0.05, 0) is 42.8 Å². The number of nitrogens with zero attached hydrogens (tertiary/aromatic N) is 1. The zero-order valence-corrected chi connectivity index (χ0v) is 16.2. The van der Waals surface area contributed by atoms with Crippen LogP contribution in [0.15, 0.2) is 60.8 Å². The molecule has 0 saturated heterocycles. The van der Waals surface area contributed by atoms with Crippen LogP contribution in [0.3, 0.4) is 0 Å². The molecule has 3 rings (SSSR count). The van der Waals surface area contributed by atoms with Gasteiger partial charge in [0.25, 0.3) is 5.91 Å². The Morgan fingerprint density at radius 1 is 1.00 bits per heavy atom. The van der Waals surface area contributed by atoms with E-state index in [1.165, 1.54) is 0 Å². The molecule has 144 valence electrons. The lowest BCUT2D eigenvalue weighted by Crippen LogP contribution is -2.24. The molecule has 0 aliphatic heterocycles. The summed E-state index contributed by atoms with van der Waals surface area (Å²) < 4.78 is 10.7. The van der Waals surface area contributed by atoms with Gasteiger partial charge < -0.3 is 20.1 Å². The highest BCUT2D eigenvalue weighted by Crippen LogP contribution is 2.28. The monoisotopic (exact) mass is 377 g/mol. The summed E-state index contributed by atoms with van der Waals surface area (Å²) in [5.41, 5.74) is 3.91. The molecule has 6 heteroatoms. The molecule has 1 aromatic heterocycles. The molecule has 0 radical (unpaired) electrons. The van der Waals surface area contributed by atoms with Gasteiger partial charge >= 0.3 is 0 Å². The summed E-state index contributed by atoms with van der Waals surface area (Å²) in [6.07, 6.45) is 1.60. The summed E-state index contributed by atoms with van der Waals surface area (Å²) >= 11 is 0.